The summed E-state index contributed by atoms with van der Waals surface area (Å²) >= 11 is 0. The molecule has 1 rings (SSSR count). The Hall–Kier alpha value is -1.31. The van der Waals surface area contributed by atoms with Crippen molar-refractivity contribution in [1.29, 1.82) is 0 Å². The number of amides is 1. The average Bonchev–Trinajstić information content (AvgIpc) is 2.44. The Bertz CT molecular complexity index is 255. The van der Waals surface area contributed by atoms with Gasteiger partial charge < -0.3 is 4.90 Å². The molecule has 2 nitrogen and oxygen atoms in total. The van der Waals surface area contributed by atoms with Crippen LogP contribution in [-0.2, 0) is 0 Å². The number of benzene rings is 1. The Balaban J connectivity index is -0.000000274. The van der Waals surface area contributed by atoms with Crippen LogP contribution in [0.5, 0.6) is 0 Å². The molecule has 0 saturated carbocycles. The molecule has 18 heavy (non-hydrogen) atoms. The molecule has 0 unspecified atom stereocenters. The predicted molar refractivity (Wildman–Crippen MR) is 83.1 cm³/mol. The van der Waals surface area contributed by atoms with Crippen LogP contribution in [0.3, 0.4) is 0 Å². The van der Waals surface area contributed by atoms with Gasteiger partial charge in [0.2, 0.25) is 0 Å². The maximum Gasteiger partial charge on any atom is 0.253 e. The van der Waals surface area contributed by atoms with Gasteiger partial charge in [0.25, 0.3) is 5.91 Å². The van der Waals surface area contributed by atoms with E-state index >= 15 is 0 Å². The normalized spacial score (nSPS) is 7.33. The van der Waals surface area contributed by atoms with Crippen molar-refractivity contribution in [1.82, 2.24) is 4.90 Å². The zero-order valence-electron chi connectivity index (χ0n) is 13.4. The van der Waals surface area contributed by atoms with Gasteiger partial charge in [0, 0.05) is 19.7 Å². The Labute approximate surface area is 114 Å². The third-order valence-corrected chi connectivity index (χ3v) is 1.43. The smallest absolute Gasteiger partial charge is 0.253 e. The van der Waals surface area contributed by atoms with Gasteiger partial charge in [-0.25, -0.2) is 0 Å². The molecule has 2 heteroatoms. The molecule has 0 aliphatic heterocycles. The number of hydrogen-bond acceptors (Lipinski definition) is 1. The summed E-state index contributed by atoms with van der Waals surface area (Å²) < 4.78 is 0. The van der Waals surface area contributed by atoms with E-state index in [0.717, 1.165) is 5.56 Å². The third kappa shape index (κ3) is 12.8. The molecule has 0 heterocycles. The first kappa shape index (κ1) is 21.9. The van der Waals surface area contributed by atoms with Crippen LogP contribution in [-0.4, -0.2) is 24.9 Å². The van der Waals surface area contributed by atoms with Crippen LogP contribution in [0.1, 0.15) is 58.3 Å². The van der Waals surface area contributed by atoms with Crippen molar-refractivity contribution >= 4 is 5.91 Å². The number of carbonyl (C=O) groups is 1. The van der Waals surface area contributed by atoms with Gasteiger partial charge in [0.15, 0.2) is 0 Å². The summed E-state index contributed by atoms with van der Waals surface area (Å²) in [5.74, 6) is 0.0469. The molecule has 0 atom stereocenters. The van der Waals surface area contributed by atoms with Crippen molar-refractivity contribution in [3.63, 3.8) is 0 Å². The van der Waals surface area contributed by atoms with E-state index in [-0.39, 0.29) is 5.91 Å². The standard InChI is InChI=1S/C9H11NO.C3H8.2C2H6/c1-10(2)9(11)8-6-4-3-5-7-8;1-3-2;2*1-2/h3-7H,1-2H3;3H2,1-2H3;2*1-2H3. The molecule has 0 aliphatic carbocycles. The SMILES string of the molecule is CC.CC.CCC.CN(C)C(=O)c1ccccc1. The van der Waals surface area contributed by atoms with Crippen molar-refractivity contribution in [3.05, 3.63) is 35.9 Å². The summed E-state index contributed by atoms with van der Waals surface area (Å²) in [5, 5.41) is 0. The van der Waals surface area contributed by atoms with Gasteiger partial charge in [-0.15, -0.1) is 0 Å². The van der Waals surface area contributed by atoms with Gasteiger partial charge in [-0.3, -0.25) is 4.79 Å². The molecule has 1 aromatic rings. The molecule has 0 aliphatic rings. The molecule has 1 aromatic carbocycles. The van der Waals surface area contributed by atoms with Crippen molar-refractivity contribution in [2.45, 2.75) is 48.0 Å². The van der Waals surface area contributed by atoms with E-state index < -0.39 is 0 Å². The fourth-order valence-corrected chi connectivity index (χ4v) is 0.839. The van der Waals surface area contributed by atoms with E-state index in [2.05, 4.69) is 13.8 Å². The third-order valence-electron chi connectivity index (χ3n) is 1.43. The Morgan fingerprint density at radius 1 is 0.944 bits per heavy atom. The highest BCUT2D eigenvalue weighted by molar-refractivity contribution is 5.93. The highest BCUT2D eigenvalue weighted by Crippen LogP contribution is 2.00. The van der Waals surface area contributed by atoms with E-state index in [1.54, 1.807) is 19.0 Å². The van der Waals surface area contributed by atoms with Crippen molar-refractivity contribution in [2.75, 3.05) is 14.1 Å². The minimum absolute atomic E-state index is 0.0469. The van der Waals surface area contributed by atoms with Gasteiger partial charge in [-0.2, -0.15) is 0 Å². The highest BCUT2D eigenvalue weighted by Gasteiger charge is 2.04. The minimum atomic E-state index is 0.0469. The molecular formula is C16H31NO. The monoisotopic (exact) mass is 253 g/mol. The van der Waals surface area contributed by atoms with Crippen LogP contribution >= 0.6 is 0 Å². The summed E-state index contributed by atoms with van der Waals surface area (Å²) in [6.45, 7) is 12.2. The lowest BCUT2D eigenvalue weighted by Crippen LogP contribution is -2.21. The molecule has 0 fully saturated rings. The quantitative estimate of drug-likeness (QED) is 0.700. The van der Waals surface area contributed by atoms with E-state index in [0.29, 0.717) is 0 Å². The summed E-state index contributed by atoms with van der Waals surface area (Å²) in [6, 6.07) is 9.23. The molecule has 0 bridgehead atoms. The lowest BCUT2D eigenvalue weighted by atomic mass is 10.2. The molecule has 0 saturated heterocycles. The first-order valence-corrected chi connectivity index (χ1v) is 6.90. The summed E-state index contributed by atoms with van der Waals surface area (Å²) in [7, 11) is 3.49. The van der Waals surface area contributed by atoms with E-state index in [1.807, 2.05) is 58.0 Å². The predicted octanol–water partition coefficient (Wildman–Crippen LogP) is 4.86. The van der Waals surface area contributed by atoms with Gasteiger partial charge >= 0.3 is 0 Å². The number of carbonyl (C=O) groups excluding carboxylic acids is 1. The minimum Gasteiger partial charge on any atom is -0.345 e. The molecule has 0 radical (unpaired) electrons. The molecule has 0 spiro atoms. The topological polar surface area (TPSA) is 20.3 Å². The maximum atomic E-state index is 11.3. The maximum absolute atomic E-state index is 11.3. The van der Waals surface area contributed by atoms with E-state index in [4.69, 9.17) is 0 Å². The van der Waals surface area contributed by atoms with Gasteiger partial charge in [0.1, 0.15) is 0 Å². The number of nitrogens with zero attached hydrogens (tertiary/aromatic N) is 1. The van der Waals surface area contributed by atoms with Crippen LogP contribution in [0, 0.1) is 0 Å². The summed E-state index contributed by atoms with van der Waals surface area (Å²) in [5.41, 5.74) is 0.734. The van der Waals surface area contributed by atoms with Crippen LogP contribution < -0.4 is 0 Å². The lowest BCUT2D eigenvalue weighted by molar-refractivity contribution is 0.0827. The summed E-state index contributed by atoms with van der Waals surface area (Å²) in [4.78, 5) is 12.8. The van der Waals surface area contributed by atoms with Crippen LogP contribution in [0.25, 0.3) is 0 Å². The second-order valence-electron chi connectivity index (χ2n) is 3.27. The largest absolute Gasteiger partial charge is 0.345 e. The Morgan fingerprint density at radius 3 is 1.56 bits per heavy atom. The number of hydrogen-bond donors (Lipinski definition) is 0. The van der Waals surface area contributed by atoms with E-state index in [1.165, 1.54) is 6.42 Å². The highest BCUT2D eigenvalue weighted by atomic mass is 16.2. The van der Waals surface area contributed by atoms with Crippen LogP contribution in [0.2, 0.25) is 0 Å². The van der Waals surface area contributed by atoms with Crippen LogP contribution in [0.15, 0.2) is 30.3 Å². The molecular weight excluding hydrogens is 222 g/mol. The average molecular weight is 253 g/mol. The van der Waals surface area contributed by atoms with Gasteiger partial charge in [0.05, 0.1) is 0 Å². The molecule has 0 N–H and O–H groups in total. The fourth-order valence-electron chi connectivity index (χ4n) is 0.839. The van der Waals surface area contributed by atoms with E-state index in [9.17, 15) is 4.79 Å². The number of rotatable bonds is 1. The zero-order chi connectivity index (χ0) is 15.0. The zero-order valence-corrected chi connectivity index (χ0v) is 13.4. The fraction of sp³-hybridized carbons (Fsp3) is 0.562. The first-order valence-electron chi connectivity index (χ1n) is 6.90. The Morgan fingerprint density at radius 2 is 1.28 bits per heavy atom. The van der Waals surface area contributed by atoms with Crippen molar-refractivity contribution in [2.24, 2.45) is 0 Å². The molecule has 1 amide bonds. The van der Waals surface area contributed by atoms with Gasteiger partial charge in [-0.05, 0) is 12.1 Å². The van der Waals surface area contributed by atoms with Crippen molar-refractivity contribution < 1.29 is 4.79 Å². The summed E-state index contributed by atoms with van der Waals surface area (Å²) in [6.07, 6.45) is 1.25. The van der Waals surface area contributed by atoms with Gasteiger partial charge in [-0.1, -0.05) is 66.2 Å². The first-order chi connectivity index (χ1) is 8.63. The second-order valence-corrected chi connectivity index (χ2v) is 3.27. The second kappa shape index (κ2) is 18.1. The van der Waals surface area contributed by atoms with Crippen LogP contribution in [0.4, 0.5) is 0 Å². The Kier molecular flexibility index (Phi) is 22.0. The van der Waals surface area contributed by atoms with Crippen molar-refractivity contribution in [3.8, 4) is 0 Å². The molecule has 106 valence electrons. The molecule has 0 aromatic heterocycles. The lowest BCUT2D eigenvalue weighted by Gasteiger charge is -2.08.